The Hall–Kier alpha value is -2.33. The molecule has 2 N–H and O–H groups in total. The highest BCUT2D eigenvalue weighted by Crippen LogP contribution is 2.19. The molecule has 0 saturated carbocycles. The van der Waals surface area contributed by atoms with Crippen LogP contribution in [-0.4, -0.2) is 24.2 Å². The second-order valence-corrected chi connectivity index (χ2v) is 5.95. The van der Waals surface area contributed by atoms with E-state index in [0.29, 0.717) is 5.75 Å². The third-order valence-corrected chi connectivity index (χ3v) is 3.87. The van der Waals surface area contributed by atoms with E-state index in [0.717, 1.165) is 11.1 Å². The lowest BCUT2D eigenvalue weighted by atomic mass is 9.96. The van der Waals surface area contributed by atoms with Gasteiger partial charge in [-0.3, -0.25) is 4.79 Å². The van der Waals surface area contributed by atoms with Gasteiger partial charge in [0.2, 0.25) is 0 Å². The van der Waals surface area contributed by atoms with Gasteiger partial charge in [0.25, 0.3) is 5.91 Å². The Balaban J connectivity index is 1.84. The molecule has 0 aliphatic carbocycles. The fourth-order valence-electron chi connectivity index (χ4n) is 2.17. The van der Waals surface area contributed by atoms with Crippen LogP contribution in [0.3, 0.4) is 0 Å². The molecule has 1 amide bonds. The maximum absolute atomic E-state index is 11.9. The largest absolute Gasteiger partial charge is 0.484 e. The average Bonchev–Trinajstić information content (AvgIpc) is 2.55. The lowest BCUT2D eigenvalue weighted by Gasteiger charge is -2.24. The maximum atomic E-state index is 11.9. The number of carbonyl (C=O) groups excluding carboxylic acids is 1. The minimum absolute atomic E-state index is 0.0760. The summed E-state index contributed by atoms with van der Waals surface area (Å²) in [6.45, 7) is 5.75. The van der Waals surface area contributed by atoms with Gasteiger partial charge in [0.1, 0.15) is 11.4 Å². The van der Waals surface area contributed by atoms with Crippen LogP contribution in [-0.2, 0) is 10.4 Å². The van der Waals surface area contributed by atoms with Gasteiger partial charge in [-0.2, -0.15) is 0 Å². The van der Waals surface area contributed by atoms with Crippen LogP contribution < -0.4 is 10.1 Å². The number of aryl methyl sites for hydroxylation is 2. The number of benzene rings is 2. The quantitative estimate of drug-likeness (QED) is 0.862. The molecule has 0 aromatic heterocycles. The Bertz CT molecular complexity index is 666. The Morgan fingerprint density at radius 2 is 1.83 bits per heavy atom. The molecular formula is C19H23NO3. The van der Waals surface area contributed by atoms with Gasteiger partial charge in [-0.25, -0.2) is 0 Å². The van der Waals surface area contributed by atoms with Gasteiger partial charge >= 0.3 is 0 Å². The second-order valence-electron chi connectivity index (χ2n) is 5.95. The Kier molecular flexibility index (Phi) is 5.40. The highest BCUT2D eigenvalue weighted by Gasteiger charge is 2.23. The fraction of sp³-hybridized carbons (Fsp3) is 0.316. The minimum Gasteiger partial charge on any atom is -0.484 e. The van der Waals surface area contributed by atoms with Crippen LogP contribution in [0.5, 0.6) is 5.75 Å². The van der Waals surface area contributed by atoms with Gasteiger partial charge in [0.15, 0.2) is 6.61 Å². The standard InChI is InChI=1S/C19H23NO3/c1-14-9-10-17(11-15(14)2)23-12-18(21)20-13-19(3,22)16-7-5-4-6-8-16/h4-11,22H,12-13H2,1-3H3,(H,20,21). The van der Waals surface area contributed by atoms with E-state index < -0.39 is 5.60 Å². The molecule has 0 saturated heterocycles. The molecule has 2 aromatic rings. The summed E-state index contributed by atoms with van der Waals surface area (Å²) in [6, 6.07) is 15.0. The summed E-state index contributed by atoms with van der Waals surface area (Å²) in [5, 5.41) is 13.1. The van der Waals surface area contributed by atoms with E-state index in [1.54, 1.807) is 6.92 Å². The zero-order valence-corrected chi connectivity index (χ0v) is 13.8. The van der Waals surface area contributed by atoms with E-state index in [9.17, 15) is 9.90 Å². The number of rotatable bonds is 6. The van der Waals surface area contributed by atoms with Gasteiger partial charge in [0, 0.05) is 0 Å². The first-order chi connectivity index (χ1) is 10.9. The first-order valence-electron chi connectivity index (χ1n) is 7.63. The molecule has 1 unspecified atom stereocenters. The monoisotopic (exact) mass is 313 g/mol. The van der Waals surface area contributed by atoms with Crippen LogP contribution in [0.25, 0.3) is 0 Å². The normalized spacial score (nSPS) is 13.2. The Morgan fingerprint density at radius 1 is 1.13 bits per heavy atom. The van der Waals surface area contributed by atoms with Crippen molar-refractivity contribution in [2.45, 2.75) is 26.4 Å². The topological polar surface area (TPSA) is 58.6 Å². The Labute approximate surface area is 137 Å². The molecule has 4 heteroatoms. The van der Waals surface area contributed by atoms with Crippen molar-refractivity contribution in [3.05, 3.63) is 65.2 Å². The SMILES string of the molecule is Cc1ccc(OCC(=O)NCC(C)(O)c2ccccc2)cc1C. The second kappa shape index (κ2) is 7.29. The molecule has 0 heterocycles. The Morgan fingerprint density at radius 3 is 2.48 bits per heavy atom. The number of hydrogen-bond acceptors (Lipinski definition) is 3. The van der Waals surface area contributed by atoms with Crippen molar-refractivity contribution in [2.75, 3.05) is 13.2 Å². The zero-order valence-electron chi connectivity index (χ0n) is 13.8. The average molecular weight is 313 g/mol. The van der Waals surface area contributed by atoms with Crippen LogP contribution in [0.1, 0.15) is 23.6 Å². The third-order valence-electron chi connectivity index (χ3n) is 3.87. The minimum atomic E-state index is -1.11. The molecule has 2 rings (SSSR count). The van der Waals surface area contributed by atoms with Crippen LogP contribution in [0.4, 0.5) is 0 Å². The van der Waals surface area contributed by atoms with E-state index in [-0.39, 0.29) is 19.1 Å². The molecule has 1 atom stereocenters. The fourth-order valence-corrected chi connectivity index (χ4v) is 2.17. The molecule has 0 spiro atoms. The molecule has 0 bridgehead atoms. The molecule has 0 aliphatic rings. The molecule has 0 fully saturated rings. The van der Waals surface area contributed by atoms with Gasteiger partial charge in [0.05, 0.1) is 6.54 Å². The van der Waals surface area contributed by atoms with E-state index in [2.05, 4.69) is 5.32 Å². The molecular weight excluding hydrogens is 290 g/mol. The van der Waals surface area contributed by atoms with Crippen molar-refractivity contribution < 1.29 is 14.6 Å². The van der Waals surface area contributed by atoms with Crippen molar-refractivity contribution in [2.24, 2.45) is 0 Å². The summed E-state index contributed by atoms with van der Waals surface area (Å²) in [5.74, 6) is 0.400. The first-order valence-corrected chi connectivity index (χ1v) is 7.63. The summed E-state index contributed by atoms with van der Waals surface area (Å²) in [6.07, 6.45) is 0. The predicted molar refractivity (Wildman–Crippen MR) is 90.4 cm³/mol. The van der Waals surface area contributed by atoms with Gasteiger partial charge < -0.3 is 15.2 Å². The summed E-state index contributed by atoms with van der Waals surface area (Å²) in [7, 11) is 0. The maximum Gasteiger partial charge on any atom is 0.258 e. The van der Waals surface area contributed by atoms with Crippen LogP contribution >= 0.6 is 0 Å². The number of nitrogens with one attached hydrogen (secondary N) is 1. The summed E-state index contributed by atoms with van der Waals surface area (Å²) < 4.78 is 5.48. The number of carbonyl (C=O) groups is 1. The van der Waals surface area contributed by atoms with Crippen molar-refractivity contribution in [3.8, 4) is 5.75 Å². The van der Waals surface area contributed by atoms with Gasteiger partial charge in [-0.15, -0.1) is 0 Å². The van der Waals surface area contributed by atoms with Gasteiger partial charge in [-0.05, 0) is 49.6 Å². The molecule has 4 nitrogen and oxygen atoms in total. The first kappa shape index (κ1) is 17.0. The number of ether oxygens (including phenoxy) is 1. The molecule has 122 valence electrons. The van der Waals surface area contributed by atoms with Crippen molar-refractivity contribution in [1.29, 1.82) is 0 Å². The molecule has 0 aliphatic heterocycles. The van der Waals surface area contributed by atoms with Crippen molar-refractivity contribution in [1.82, 2.24) is 5.32 Å². The smallest absolute Gasteiger partial charge is 0.258 e. The number of amides is 1. The van der Waals surface area contributed by atoms with Crippen LogP contribution in [0.2, 0.25) is 0 Å². The summed E-state index contributed by atoms with van der Waals surface area (Å²) in [4.78, 5) is 11.9. The lowest BCUT2D eigenvalue weighted by Crippen LogP contribution is -2.40. The number of hydrogen-bond donors (Lipinski definition) is 2. The van der Waals surface area contributed by atoms with E-state index in [4.69, 9.17) is 4.74 Å². The molecule has 0 radical (unpaired) electrons. The summed E-state index contributed by atoms with van der Waals surface area (Å²) in [5.41, 5.74) is 1.95. The van der Waals surface area contributed by atoms with Crippen molar-refractivity contribution >= 4 is 5.91 Å². The van der Waals surface area contributed by atoms with Crippen LogP contribution in [0.15, 0.2) is 48.5 Å². The predicted octanol–water partition coefficient (Wildman–Crippen LogP) is 2.71. The summed E-state index contributed by atoms with van der Waals surface area (Å²) >= 11 is 0. The van der Waals surface area contributed by atoms with Gasteiger partial charge in [-0.1, -0.05) is 36.4 Å². The number of aliphatic hydroxyl groups is 1. The van der Waals surface area contributed by atoms with Crippen molar-refractivity contribution in [3.63, 3.8) is 0 Å². The lowest BCUT2D eigenvalue weighted by molar-refractivity contribution is -0.124. The highest BCUT2D eigenvalue weighted by atomic mass is 16.5. The highest BCUT2D eigenvalue weighted by molar-refractivity contribution is 5.77. The third kappa shape index (κ3) is 4.83. The van der Waals surface area contributed by atoms with Crippen LogP contribution in [0, 0.1) is 13.8 Å². The molecule has 2 aromatic carbocycles. The molecule has 23 heavy (non-hydrogen) atoms. The van der Waals surface area contributed by atoms with E-state index >= 15 is 0 Å². The van der Waals surface area contributed by atoms with E-state index in [1.807, 2.05) is 62.4 Å². The van der Waals surface area contributed by atoms with E-state index in [1.165, 1.54) is 5.56 Å². The zero-order chi connectivity index (χ0) is 16.9.